The van der Waals surface area contributed by atoms with Crippen LogP contribution in [0.15, 0.2) is 24.3 Å². The second-order valence-electron chi connectivity index (χ2n) is 4.36. The predicted molar refractivity (Wildman–Crippen MR) is 62.1 cm³/mol. The summed E-state index contributed by atoms with van der Waals surface area (Å²) < 4.78 is 0. The molecule has 0 unspecified atom stereocenters. The molecule has 0 radical (unpaired) electrons. The number of amides is 1. The average molecular weight is 219 g/mol. The number of aliphatic hydroxyl groups excluding tert-OH is 1. The van der Waals surface area contributed by atoms with Crippen LogP contribution in [-0.2, 0) is 17.6 Å². The standard InChI is InChI=1S/C13H17NO2/c1-14(6-7-15)13(16)12-8-10-4-2-3-5-11(10)9-12/h2-5,12,15H,6-9H2,1H3. The molecule has 0 spiro atoms. The van der Waals surface area contributed by atoms with Crippen molar-refractivity contribution in [2.24, 2.45) is 5.92 Å². The molecule has 3 nitrogen and oxygen atoms in total. The highest BCUT2D eigenvalue weighted by molar-refractivity contribution is 5.80. The van der Waals surface area contributed by atoms with Crippen molar-refractivity contribution in [3.63, 3.8) is 0 Å². The maximum absolute atomic E-state index is 12.0. The summed E-state index contributed by atoms with van der Waals surface area (Å²) >= 11 is 0. The van der Waals surface area contributed by atoms with E-state index < -0.39 is 0 Å². The minimum Gasteiger partial charge on any atom is -0.395 e. The Balaban J connectivity index is 2.03. The van der Waals surface area contributed by atoms with E-state index >= 15 is 0 Å². The minimum atomic E-state index is 0.0297. The van der Waals surface area contributed by atoms with Gasteiger partial charge in [0.05, 0.1) is 6.61 Å². The van der Waals surface area contributed by atoms with Gasteiger partial charge in [0, 0.05) is 19.5 Å². The van der Waals surface area contributed by atoms with Crippen LogP contribution in [0.3, 0.4) is 0 Å². The molecular weight excluding hydrogens is 202 g/mol. The zero-order valence-corrected chi connectivity index (χ0v) is 9.52. The number of carbonyl (C=O) groups is 1. The fourth-order valence-corrected chi connectivity index (χ4v) is 2.31. The molecule has 1 aliphatic carbocycles. The summed E-state index contributed by atoms with van der Waals surface area (Å²) in [5.41, 5.74) is 2.58. The van der Waals surface area contributed by atoms with E-state index in [1.54, 1.807) is 11.9 Å². The van der Waals surface area contributed by atoms with Crippen molar-refractivity contribution in [3.05, 3.63) is 35.4 Å². The number of aliphatic hydroxyl groups is 1. The van der Waals surface area contributed by atoms with Gasteiger partial charge in [0.15, 0.2) is 0 Å². The van der Waals surface area contributed by atoms with Gasteiger partial charge in [-0.3, -0.25) is 4.79 Å². The summed E-state index contributed by atoms with van der Waals surface area (Å²) in [5, 5.41) is 8.81. The number of nitrogens with zero attached hydrogens (tertiary/aromatic N) is 1. The number of benzene rings is 1. The lowest BCUT2D eigenvalue weighted by molar-refractivity contribution is -0.134. The Labute approximate surface area is 95.7 Å². The number of rotatable bonds is 3. The normalized spacial score (nSPS) is 14.9. The Morgan fingerprint density at radius 1 is 1.38 bits per heavy atom. The molecule has 1 aromatic carbocycles. The molecule has 16 heavy (non-hydrogen) atoms. The number of carbonyl (C=O) groups excluding carboxylic acids is 1. The number of fused-ring (bicyclic) bond motifs is 1. The molecule has 86 valence electrons. The maximum atomic E-state index is 12.0. The fraction of sp³-hybridized carbons (Fsp3) is 0.462. The van der Waals surface area contributed by atoms with Crippen molar-refractivity contribution < 1.29 is 9.90 Å². The van der Waals surface area contributed by atoms with Crippen LogP contribution in [-0.4, -0.2) is 36.1 Å². The van der Waals surface area contributed by atoms with Gasteiger partial charge in [0.25, 0.3) is 0 Å². The molecule has 2 rings (SSSR count). The zero-order valence-electron chi connectivity index (χ0n) is 9.52. The van der Waals surface area contributed by atoms with Crippen LogP contribution in [0.25, 0.3) is 0 Å². The largest absolute Gasteiger partial charge is 0.395 e. The molecule has 0 atom stereocenters. The zero-order chi connectivity index (χ0) is 11.5. The Morgan fingerprint density at radius 3 is 2.44 bits per heavy atom. The van der Waals surface area contributed by atoms with Crippen molar-refractivity contribution in [1.29, 1.82) is 0 Å². The highest BCUT2D eigenvalue weighted by Gasteiger charge is 2.28. The molecule has 1 aromatic rings. The molecule has 3 heteroatoms. The molecule has 1 N–H and O–H groups in total. The summed E-state index contributed by atoms with van der Waals surface area (Å²) in [4.78, 5) is 13.6. The summed E-state index contributed by atoms with van der Waals surface area (Å²) in [6.07, 6.45) is 1.68. The third-order valence-corrected chi connectivity index (χ3v) is 3.21. The SMILES string of the molecule is CN(CCO)C(=O)C1Cc2ccccc2C1. The van der Waals surface area contributed by atoms with Gasteiger partial charge in [-0.2, -0.15) is 0 Å². The summed E-state index contributed by atoms with van der Waals surface area (Å²) in [6, 6.07) is 8.22. The van der Waals surface area contributed by atoms with E-state index in [0.29, 0.717) is 6.54 Å². The Bertz CT molecular complexity index is 364. The van der Waals surface area contributed by atoms with Crippen molar-refractivity contribution in [1.82, 2.24) is 4.90 Å². The van der Waals surface area contributed by atoms with Crippen LogP contribution in [0.5, 0.6) is 0 Å². The van der Waals surface area contributed by atoms with E-state index in [9.17, 15) is 4.79 Å². The molecule has 0 bridgehead atoms. The Morgan fingerprint density at radius 2 is 1.94 bits per heavy atom. The van der Waals surface area contributed by atoms with Crippen molar-refractivity contribution in [2.75, 3.05) is 20.2 Å². The van der Waals surface area contributed by atoms with Gasteiger partial charge < -0.3 is 10.0 Å². The van der Waals surface area contributed by atoms with Gasteiger partial charge >= 0.3 is 0 Å². The smallest absolute Gasteiger partial charge is 0.226 e. The molecule has 0 aromatic heterocycles. The van der Waals surface area contributed by atoms with Crippen LogP contribution in [0.2, 0.25) is 0 Å². The topological polar surface area (TPSA) is 40.5 Å². The first-order valence-corrected chi connectivity index (χ1v) is 5.65. The molecule has 0 aliphatic heterocycles. The van der Waals surface area contributed by atoms with Crippen LogP contribution in [0.4, 0.5) is 0 Å². The lowest BCUT2D eigenvalue weighted by Crippen LogP contribution is -2.35. The van der Waals surface area contributed by atoms with Crippen molar-refractivity contribution >= 4 is 5.91 Å². The van der Waals surface area contributed by atoms with E-state index in [1.165, 1.54) is 11.1 Å². The summed E-state index contributed by atoms with van der Waals surface area (Å²) in [6.45, 7) is 0.452. The summed E-state index contributed by atoms with van der Waals surface area (Å²) in [7, 11) is 1.75. The fourth-order valence-electron chi connectivity index (χ4n) is 2.31. The highest BCUT2D eigenvalue weighted by atomic mass is 16.3. The minimum absolute atomic E-state index is 0.0297. The maximum Gasteiger partial charge on any atom is 0.226 e. The predicted octanol–water partition coefficient (Wildman–Crippen LogP) is 0.852. The first kappa shape index (κ1) is 11.1. The van der Waals surface area contributed by atoms with Crippen LogP contribution in [0, 0.1) is 5.92 Å². The third-order valence-electron chi connectivity index (χ3n) is 3.21. The average Bonchev–Trinajstić information content (AvgIpc) is 2.71. The molecule has 1 amide bonds. The monoisotopic (exact) mass is 219 g/mol. The third kappa shape index (κ3) is 2.09. The van der Waals surface area contributed by atoms with Crippen molar-refractivity contribution in [2.45, 2.75) is 12.8 Å². The number of likely N-dealkylation sites (N-methyl/N-ethyl adjacent to an activating group) is 1. The summed E-state index contributed by atoms with van der Waals surface area (Å²) in [5.74, 6) is 0.208. The molecule has 0 saturated carbocycles. The molecule has 0 fully saturated rings. The van der Waals surface area contributed by atoms with Gasteiger partial charge in [0.2, 0.25) is 5.91 Å². The highest BCUT2D eigenvalue weighted by Crippen LogP contribution is 2.27. The van der Waals surface area contributed by atoms with Gasteiger partial charge in [0.1, 0.15) is 0 Å². The van der Waals surface area contributed by atoms with Gasteiger partial charge in [-0.1, -0.05) is 24.3 Å². The van der Waals surface area contributed by atoms with Gasteiger partial charge in [-0.15, -0.1) is 0 Å². The first-order valence-electron chi connectivity index (χ1n) is 5.65. The van der Waals surface area contributed by atoms with Crippen LogP contribution >= 0.6 is 0 Å². The second-order valence-corrected chi connectivity index (χ2v) is 4.36. The Hall–Kier alpha value is -1.35. The molecule has 1 aliphatic rings. The molecular formula is C13H17NO2. The lowest BCUT2D eigenvalue weighted by Gasteiger charge is -2.19. The van der Waals surface area contributed by atoms with E-state index in [1.807, 2.05) is 12.1 Å². The Kier molecular flexibility index (Phi) is 3.25. The van der Waals surface area contributed by atoms with Crippen molar-refractivity contribution in [3.8, 4) is 0 Å². The second kappa shape index (κ2) is 4.66. The quantitative estimate of drug-likeness (QED) is 0.819. The molecule has 0 saturated heterocycles. The number of hydrogen-bond acceptors (Lipinski definition) is 2. The van der Waals surface area contributed by atoms with E-state index in [-0.39, 0.29) is 18.4 Å². The van der Waals surface area contributed by atoms with Crippen LogP contribution in [0.1, 0.15) is 11.1 Å². The number of hydrogen-bond donors (Lipinski definition) is 1. The van der Waals surface area contributed by atoms with E-state index in [4.69, 9.17) is 5.11 Å². The lowest BCUT2D eigenvalue weighted by atomic mass is 10.1. The molecule has 0 heterocycles. The first-order chi connectivity index (χ1) is 7.72. The van der Waals surface area contributed by atoms with E-state index in [0.717, 1.165) is 12.8 Å². The van der Waals surface area contributed by atoms with Gasteiger partial charge in [-0.05, 0) is 24.0 Å². The van der Waals surface area contributed by atoms with Gasteiger partial charge in [-0.25, -0.2) is 0 Å². The van der Waals surface area contributed by atoms with E-state index in [2.05, 4.69) is 12.1 Å². The van der Waals surface area contributed by atoms with Crippen LogP contribution < -0.4 is 0 Å².